The van der Waals surface area contributed by atoms with Gasteiger partial charge < -0.3 is 10.6 Å². The second-order valence-corrected chi connectivity index (χ2v) is 9.36. The highest BCUT2D eigenvalue weighted by molar-refractivity contribution is 5.45. The molecule has 3 atom stereocenters. The van der Waals surface area contributed by atoms with Crippen LogP contribution in [0, 0.1) is 18.3 Å². The third kappa shape index (κ3) is 3.53. The van der Waals surface area contributed by atoms with Crippen molar-refractivity contribution in [3.05, 3.63) is 34.9 Å². The molecule has 1 aromatic rings. The summed E-state index contributed by atoms with van der Waals surface area (Å²) in [5, 5.41) is 7.45. The van der Waals surface area contributed by atoms with E-state index in [-0.39, 0.29) is 5.41 Å². The Labute approximate surface area is 155 Å². The summed E-state index contributed by atoms with van der Waals surface area (Å²) < 4.78 is 0. The molecule has 25 heavy (non-hydrogen) atoms. The molecule has 0 bridgehead atoms. The third-order valence-corrected chi connectivity index (χ3v) is 7.26. The Morgan fingerprint density at radius 3 is 2.76 bits per heavy atom. The summed E-state index contributed by atoms with van der Waals surface area (Å²) in [5.74, 6) is 0.692. The highest BCUT2D eigenvalue weighted by Crippen LogP contribution is 2.56. The fourth-order valence-corrected chi connectivity index (χ4v) is 5.43. The van der Waals surface area contributed by atoms with Crippen LogP contribution >= 0.6 is 0 Å². The summed E-state index contributed by atoms with van der Waals surface area (Å²) in [6.45, 7) is 15.6. The van der Waals surface area contributed by atoms with Gasteiger partial charge in [0.15, 0.2) is 0 Å². The van der Waals surface area contributed by atoms with Gasteiger partial charge in [0.2, 0.25) is 0 Å². The smallest absolute Gasteiger partial charge is 0.0192 e. The molecule has 0 radical (unpaired) electrons. The monoisotopic (exact) mass is 342 g/mol. The fourth-order valence-electron chi connectivity index (χ4n) is 5.43. The zero-order valence-electron chi connectivity index (χ0n) is 17.0. The Kier molecular flexibility index (Phi) is 5.60. The molecular weight excluding hydrogens is 304 g/mol. The number of hydrogen-bond donors (Lipinski definition) is 2. The fraction of sp³-hybridized carbons (Fsp3) is 0.739. The van der Waals surface area contributed by atoms with Crippen LogP contribution in [0.3, 0.4) is 0 Å². The maximum Gasteiger partial charge on any atom is 0.0192 e. The van der Waals surface area contributed by atoms with Gasteiger partial charge in [0, 0.05) is 18.0 Å². The summed E-state index contributed by atoms with van der Waals surface area (Å²) in [4.78, 5) is 0. The van der Waals surface area contributed by atoms with Crippen LogP contribution in [0.1, 0.15) is 70.1 Å². The lowest BCUT2D eigenvalue weighted by atomic mass is 9.59. The van der Waals surface area contributed by atoms with E-state index in [4.69, 9.17) is 0 Å². The summed E-state index contributed by atoms with van der Waals surface area (Å²) >= 11 is 0. The predicted molar refractivity (Wildman–Crippen MR) is 108 cm³/mol. The second kappa shape index (κ2) is 7.40. The van der Waals surface area contributed by atoms with Crippen LogP contribution < -0.4 is 10.6 Å². The normalized spacial score (nSPS) is 28.9. The van der Waals surface area contributed by atoms with E-state index >= 15 is 0 Å². The van der Waals surface area contributed by atoms with E-state index in [2.05, 4.69) is 63.5 Å². The van der Waals surface area contributed by atoms with E-state index in [1.165, 1.54) is 44.2 Å². The standard InChI is InChI=1S/C23H38N2/c1-6-8-19(15-24-16-20-9-7-12-25-20)23(5)21-13-17(2)10-11-18(21)14-22(23,3)4/h10-11,13,19-20,24-25H,6-9,12,14-16H2,1-5H3. The second-order valence-electron chi connectivity index (χ2n) is 9.36. The first-order valence-electron chi connectivity index (χ1n) is 10.4. The van der Waals surface area contributed by atoms with Gasteiger partial charge in [0.1, 0.15) is 0 Å². The van der Waals surface area contributed by atoms with Gasteiger partial charge in [-0.25, -0.2) is 0 Å². The van der Waals surface area contributed by atoms with Crippen molar-refractivity contribution in [3.8, 4) is 0 Å². The highest BCUT2D eigenvalue weighted by atomic mass is 15.0. The van der Waals surface area contributed by atoms with E-state index in [1.807, 2.05) is 0 Å². The van der Waals surface area contributed by atoms with Gasteiger partial charge in [-0.15, -0.1) is 0 Å². The van der Waals surface area contributed by atoms with Crippen LogP contribution in [0.25, 0.3) is 0 Å². The lowest BCUT2D eigenvalue weighted by Gasteiger charge is -2.46. The molecule has 0 amide bonds. The topological polar surface area (TPSA) is 24.1 Å². The van der Waals surface area contributed by atoms with Crippen LogP contribution in [0.4, 0.5) is 0 Å². The first-order chi connectivity index (χ1) is 11.9. The SMILES string of the molecule is CCCC(CNCC1CCCN1)C1(C)c2cc(C)ccc2CC1(C)C. The number of aryl methyl sites for hydroxylation is 1. The van der Waals surface area contributed by atoms with Crippen LogP contribution in [0.2, 0.25) is 0 Å². The number of benzene rings is 1. The average molecular weight is 343 g/mol. The maximum absolute atomic E-state index is 3.84. The summed E-state index contributed by atoms with van der Waals surface area (Å²) in [6.07, 6.45) is 6.45. The van der Waals surface area contributed by atoms with Gasteiger partial charge in [0.25, 0.3) is 0 Å². The van der Waals surface area contributed by atoms with E-state index in [9.17, 15) is 0 Å². The zero-order chi connectivity index (χ0) is 18.1. The zero-order valence-corrected chi connectivity index (χ0v) is 17.0. The van der Waals surface area contributed by atoms with Crippen LogP contribution in [-0.4, -0.2) is 25.7 Å². The number of fused-ring (bicyclic) bond motifs is 1. The molecule has 1 aliphatic carbocycles. The molecule has 0 spiro atoms. The van der Waals surface area contributed by atoms with Crippen LogP contribution in [0.5, 0.6) is 0 Å². The van der Waals surface area contributed by atoms with Crippen molar-refractivity contribution in [2.75, 3.05) is 19.6 Å². The Hall–Kier alpha value is -0.860. The van der Waals surface area contributed by atoms with Gasteiger partial charge in [-0.05, 0) is 68.2 Å². The molecule has 2 nitrogen and oxygen atoms in total. The van der Waals surface area contributed by atoms with Gasteiger partial charge in [-0.3, -0.25) is 0 Å². The largest absolute Gasteiger partial charge is 0.315 e. The van der Waals surface area contributed by atoms with Gasteiger partial charge in [0.05, 0.1) is 0 Å². The van der Waals surface area contributed by atoms with E-state index in [1.54, 1.807) is 11.1 Å². The lowest BCUT2D eigenvalue weighted by molar-refractivity contribution is 0.116. The lowest BCUT2D eigenvalue weighted by Crippen LogP contribution is -2.47. The van der Waals surface area contributed by atoms with Crippen molar-refractivity contribution in [1.82, 2.24) is 10.6 Å². The van der Waals surface area contributed by atoms with Crippen LogP contribution in [0.15, 0.2) is 18.2 Å². The molecule has 3 unspecified atom stereocenters. The molecule has 0 aromatic heterocycles. The summed E-state index contributed by atoms with van der Waals surface area (Å²) in [5.41, 5.74) is 5.17. The number of hydrogen-bond acceptors (Lipinski definition) is 2. The Morgan fingerprint density at radius 1 is 1.28 bits per heavy atom. The van der Waals surface area contributed by atoms with Gasteiger partial charge in [-0.1, -0.05) is 57.9 Å². The first-order valence-corrected chi connectivity index (χ1v) is 10.4. The molecule has 0 saturated carbocycles. The van der Waals surface area contributed by atoms with Crippen molar-refractivity contribution in [2.24, 2.45) is 11.3 Å². The Balaban J connectivity index is 1.81. The van der Waals surface area contributed by atoms with Crippen molar-refractivity contribution in [3.63, 3.8) is 0 Å². The predicted octanol–water partition coefficient (Wildman–Crippen LogP) is 4.59. The van der Waals surface area contributed by atoms with Crippen molar-refractivity contribution in [2.45, 2.75) is 78.2 Å². The Bertz CT molecular complexity index is 586. The quantitative estimate of drug-likeness (QED) is 0.757. The number of nitrogens with one attached hydrogen (secondary N) is 2. The number of rotatable bonds is 7. The Morgan fingerprint density at radius 2 is 2.08 bits per heavy atom. The summed E-state index contributed by atoms with van der Waals surface area (Å²) in [6, 6.07) is 7.84. The van der Waals surface area contributed by atoms with Gasteiger partial charge >= 0.3 is 0 Å². The molecule has 3 rings (SSSR count). The molecular formula is C23H38N2. The van der Waals surface area contributed by atoms with Crippen molar-refractivity contribution in [1.29, 1.82) is 0 Å². The average Bonchev–Trinajstić information content (AvgIpc) is 3.14. The molecule has 2 aliphatic rings. The molecule has 140 valence electrons. The minimum atomic E-state index is 0.250. The summed E-state index contributed by atoms with van der Waals surface area (Å²) in [7, 11) is 0. The molecule has 1 fully saturated rings. The minimum absolute atomic E-state index is 0.250. The highest BCUT2D eigenvalue weighted by Gasteiger charge is 2.52. The van der Waals surface area contributed by atoms with E-state index in [0.717, 1.165) is 13.1 Å². The molecule has 1 aliphatic heterocycles. The van der Waals surface area contributed by atoms with E-state index in [0.29, 0.717) is 17.4 Å². The van der Waals surface area contributed by atoms with Crippen molar-refractivity contribution >= 4 is 0 Å². The van der Waals surface area contributed by atoms with Crippen LogP contribution in [-0.2, 0) is 11.8 Å². The van der Waals surface area contributed by atoms with Gasteiger partial charge in [-0.2, -0.15) is 0 Å². The third-order valence-electron chi connectivity index (χ3n) is 7.26. The molecule has 1 saturated heterocycles. The minimum Gasteiger partial charge on any atom is -0.315 e. The first kappa shape index (κ1) is 18.9. The molecule has 2 N–H and O–H groups in total. The van der Waals surface area contributed by atoms with E-state index < -0.39 is 0 Å². The molecule has 1 heterocycles. The van der Waals surface area contributed by atoms with Crippen molar-refractivity contribution < 1.29 is 0 Å². The maximum atomic E-state index is 3.84. The molecule has 2 heteroatoms. The molecule has 1 aromatic carbocycles.